The van der Waals surface area contributed by atoms with Crippen molar-refractivity contribution in [2.24, 2.45) is 0 Å². The highest BCUT2D eigenvalue weighted by molar-refractivity contribution is 4.87. The Hall–Kier alpha value is -0.790. The number of rotatable bonds is 21. The van der Waals surface area contributed by atoms with Crippen LogP contribution in [0, 0.1) is 0 Å². The Morgan fingerprint density at radius 1 is 0.633 bits per heavy atom. The normalized spacial score (nSPS) is 13.6. The maximum Gasteiger partial charge on any atom is 0.257 e. The maximum absolute atomic E-state index is 3.55. The van der Waals surface area contributed by atoms with E-state index in [1.807, 2.05) is 0 Å². The zero-order valence-electron chi connectivity index (χ0n) is 21.2. The zero-order chi connectivity index (χ0) is 21.9. The van der Waals surface area contributed by atoms with Crippen molar-refractivity contribution >= 4 is 0 Å². The molecule has 0 aromatic carbocycles. The lowest BCUT2D eigenvalue weighted by Crippen LogP contribution is -2.40. The van der Waals surface area contributed by atoms with Gasteiger partial charge in [-0.1, -0.05) is 124 Å². The van der Waals surface area contributed by atoms with Crippen LogP contribution in [0.15, 0.2) is 12.4 Å². The Bertz CT molecular complexity index is 479. The molecule has 2 heteroatoms. The monoisotopic (exact) mass is 419 g/mol. The minimum atomic E-state index is 0.622. The molecule has 0 fully saturated rings. The smallest absolute Gasteiger partial charge is 0.247 e. The van der Waals surface area contributed by atoms with E-state index in [1.54, 1.807) is 0 Å². The van der Waals surface area contributed by atoms with E-state index in [4.69, 9.17) is 0 Å². The van der Waals surface area contributed by atoms with E-state index in [-0.39, 0.29) is 0 Å². The number of imidazole rings is 1. The standard InChI is InChI=1S/C28H54N2/c1-5-7-9-11-12-13-14-15-16-17-19-20-22-26(3)28-29-24-25-30(28)27(4)23-21-18-10-8-6-2/h24-27H,5-23H2,1-4H3/p+1. The third kappa shape index (κ3) is 12.8. The summed E-state index contributed by atoms with van der Waals surface area (Å²) in [5.74, 6) is 2.09. The molecule has 0 spiro atoms. The number of nitrogens with zero attached hydrogens (tertiary/aromatic N) is 1. The zero-order valence-corrected chi connectivity index (χ0v) is 21.2. The van der Waals surface area contributed by atoms with E-state index >= 15 is 0 Å². The predicted octanol–water partition coefficient (Wildman–Crippen LogP) is 9.42. The number of hydrogen-bond acceptors (Lipinski definition) is 0. The van der Waals surface area contributed by atoms with Gasteiger partial charge in [0.15, 0.2) is 0 Å². The predicted molar refractivity (Wildman–Crippen MR) is 133 cm³/mol. The summed E-state index contributed by atoms with van der Waals surface area (Å²) in [7, 11) is 0. The van der Waals surface area contributed by atoms with E-state index in [0.29, 0.717) is 12.0 Å². The average molecular weight is 420 g/mol. The van der Waals surface area contributed by atoms with Crippen molar-refractivity contribution in [2.75, 3.05) is 0 Å². The van der Waals surface area contributed by atoms with Gasteiger partial charge in [0.1, 0.15) is 12.4 Å². The van der Waals surface area contributed by atoms with E-state index < -0.39 is 0 Å². The molecule has 1 aromatic rings. The first-order valence-corrected chi connectivity index (χ1v) is 13.8. The van der Waals surface area contributed by atoms with E-state index in [1.165, 1.54) is 128 Å². The largest absolute Gasteiger partial charge is 0.257 e. The Balaban J connectivity index is 2.09. The molecule has 0 saturated heterocycles. The molecule has 0 aliphatic carbocycles. The van der Waals surface area contributed by atoms with Crippen LogP contribution in [0.4, 0.5) is 0 Å². The summed E-state index contributed by atoms with van der Waals surface area (Å²) in [4.78, 5) is 3.55. The van der Waals surface area contributed by atoms with Crippen molar-refractivity contribution in [1.29, 1.82) is 0 Å². The average Bonchev–Trinajstić information content (AvgIpc) is 3.24. The molecule has 1 aromatic heterocycles. The van der Waals surface area contributed by atoms with Gasteiger partial charge < -0.3 is 0 Å². The molecule has 176 valence electrons. The fraction of sp³-hybridized carbons (Fsp3) is 0.893. The summed E-state index contributed by atoms with van der Waals surface area (Å²) in [5, 5.41) is 0. The van der Waals surface area contributed by atoms with Crippen molar-refractivity contribution in [3.8, 4) is 0 Å². The van der Waals surface area contributed by atoms with Crippen molar-refractivity contribution in [3.63, 3.8) is 0 Å². The van der Waals surface area contributed by atoms with Crippen molar-refractivity contribution in [2.45, 2.75) is 162 Å². The lowest BCUT2D eigenvalue weighted by atomic mass is 10.00. The molecular formula is C28H55N2+. The van der Waals surface area contributed by atoms with Crippen molar-refractivity contribution < 1.29 is 4.57 Å². The lowest BCUT2D eigenvalue weighted by Gasteiger charge is -2.14. The summed E-state index contributed by atoms with van der Waals surface area (Å²) >= 11 is 0. The number of aromatic amines is 1. The molecule has 0 aliphatic rings. The Labute approximate surface area is 189 Å². The van der Waals surface area contributed by atoms with Crippen LogP contribution < -0.4 is 4.57 Å². The van der Waals surface area contributed by atoms with E-state index in [0.717, 1.165) is 0 Å². The molecule has 2 atom stereocenters. The summed E-state index contributed by atoms with van der Waals surface area (Å²) < 4.78 is 2.52. The molecule has 1 rings (SSSR count). The van der Waals surface area contributed by atoms with E-state index in [9.17, 15) is 0 Å². The quantitative estimate of drug-likeness (QED) is 0.151. The topological polar surface area (TPSA) is 19.7 Å². The number of hydrogen-bond donors (Lipinski definition) is 1. The van der Waals surface area contributed by atoms with Crippen molar-refractivity contribution in [1.82, 2.24) is 4.98 Å². The second kappa shape index (κ2) is 18.9. The number of unbranched alkanes of at least 4 members (excludes halogenated alkanes) is 15. The molecule has 1 heterocycles. The van der Waals surface area contributed by atoms with Crippen LogP contribution in [0.25, 0.3) is 0 Å². The second-order valence-electron chi connectivity index (χ2n) is 9.88. The van der Waals surface area contributed by atoms with Gasteiger partial charge in [0.25, 0.3) is 5.82 Å². The maximum atomic E-state index is 3.55. The molecule has 30 heavy (non-hydrogen) atoms. The van der Waals surface area contributed by atoms with Gasteiger partial charge in [0.05, 0.1) is 12.0 Å². The Morgan fingerprint density at radius 2 is 1.07 bits per heavy atom. The Kier molecular flexibility index (Phi) is 17.2. The van der Waals surface area contributed by atoms with Gasteiger partial charge in [-0.25, -0.2) is 9.55 Å². The van der Waals surface area contributed by atoms with Crippen LogP contribution in [0.5, 0.6) is 0 Å². The molecule has 0 saturated carbocycles. The van der Waals surface area contributed by atoms with E-state index in [2.05, 4.69) is 49.6 Å². The second-order valence-corrected chi connectivity index (χ2v) is 9.88. The van der Waals surface area contributed by atoms with Crippen LogP contribution >= 0.6 is 0 Å². The van der Waals surface area contributed by atoms with Crippen LogP contribution in [-0.2, 0) is 0 Å². The Morgan fingerprint density at radius 3 is 1.57 bits per heavy atom. The van der Waals surface area contributed by atoms with Crippen LogP contribution in [0.3, 0.4) is 0 Å². The van der Waals surface area contributed by atoms with Gasteiger partial charge in [-0.15, -0.1) is 0 Å². The first-order valence-electron chi connectivity index (χ1n) is 13.8. The SMILES string of the molecule is CCCCCCCCCCCCCCC(C)c1[nH]cc[n+]1C(C)CCCCCCC. The van der Waals surface area contributed by atoms with Crippen molar-refractivity contribution in [3.05, 3.63) is 18.2 Å². The fourth-order valence-corrected chi connectivity index (χ4v) is 4.75. The summed E-state index contributed by atoms with van der Waals surface area (Å²) in [6, 6.07) is 0.622. The van der Waals surface area contributed by atoms with Gasteiger partial charge in [-0.2, -0.15) is 0 Å². The molecule has 0 bridgehead atoms. The van der Waals surface area contributed by atoms with Crippen LogP contribution in [-0.4, -0.2) is 4.98 Å². The summed E-state index contributed by atoms with van der Waals surface area (Å²) in [6.07, 6.45) is 31.1. The highest BCUT2D eigenvalue weighted by Crippen LogP contribution is 2.21. The molecule has 1 N–H and O–H groups in total. The van der Waals surface area contributed by atoms with Crippen LogP contribution in [0.1, 0.15) is 167 Å². The number of H-pyrrole nitrogens is 1. The molecule has 2 nitrogen and oxygen atoms in total. The lowest BCUT2D eigenvalue weighted by molar-refractivity contribution is -0.727. The van der Waals surface area contributed by atoms with Gasteiger partial charge in [-0.3, -0.25) is 0 Å². The first kappa shape index (κ1) is 27.2. The molecule has 0 amide bonds. The summed E-state index contributed by atoms with van der Waals surface area (Å²) in [5.41, 5.74) is 0. The fourth-order valence-electron chi connectivity index (χ4n) is 4.75. The van der Waals surface area contributed by atoms with Gasteiger partial charge >= 0.3 is 0 Å². The summed E-state index contributed by atoms with van der Waals surface area (Å²) in [6.45, 7) is 9.40. The van der Waals surface area contributed by atoms with Gasteiger partial charge in [0.2, 0.25) is 0 Å². The highest BCUT2D eigenvalue weighted by atomic mass is 15.1. The third-order valence-electron chi connectivity index (χ3n) is 6.90. The third-order valence-corrected chi connectivity index (χ3v) is 6.90. The number of nitrogens with one attached hydrogen (secondary N) is 1. The highest BCUT2D eigenvalue weighted by Gasteiger charge is 2.21. The van der Waals surface area contributed by atoms with Gasteiger partial charge in [-0.05, 0) is 26.2 Å². The first-order chi connectivity index (χ1) is 14.7. The molecule has 0 aliphatic heterocycles. The van der Waals surface area contributed by atoms with Crippen LogP contribution in [0.2, 0.25) is 0 Å². The number of aromatic nitrogens is 2. The molecule has 2 unspecified atom stereocenters. The molecule has 0 radical (unpaired) electrons. The minimum absolute atomic E-state index is 0.622. The van der Waals surface area contributed by atoms with Gasteiger partial charge in [0, 0.05) is 0 Å². The molecular weight excluding hydrogens is 364 g/mol. The minimum Gasteiger partial charge on any atom is -0.247 e.